The van der Waals surface area contributed by atoms with Gasteiger partial charge in [-0.25, -0.2) is 0 Å². The van der Waals surface area contributed by atoms with Crippen LogP contribution in [0.2, 0.25) is 0 Å². The van der Waals surface area contributed by atoms with Crippen LogP contribution in [0.15, 0.2) is 0 Å². The quantitative estimate of drug-likeness (QED) is 0.520. The molecule has 0 aromatic carbocycles. The van der Waals surface area contributed by atoms with Gasteiger partial charge in [-0.2, -0.15) is 4.21 Å². The molecule has 12 heavy (non-hydrogen) atoms. The van der Waals surface area contributed by atoms with Gasteiger partial charge < -0.3 is 4.48 Å². The highest BCUT2D eigenvalue weighted by atomic mass is 32.2. The summed E-state index contributed by atoms with van der Waals surface area (Å²) in [6, 6.07) is 0. The van der Waals surface area contributed by atoms with Crippen molar-refractivity contribution in [1.82, 2.24) is 0 Å². The summed E-state index contributed by atoms with van der Waals surface area (Å²) in [5, 5.41) is 0. The van der Waals surface area contributed by atoms with Crippen molar-refractivity contribution in [3.05, 3.63) is 0 Å². The minimum Gasteiger partial charge on any atom is -0.324 e. The van der Waals surface area contributed by atoms with Gasteiger partial charge in [-0.15, -0.1) is 0 Å². The second kappa shape index (κ2) is 4.32. The van der Waals surface area contributed by atoms with Crippen LogP contribution in [0.1, 0.15) is 12.8 Å². The maximum absolute atomic E-state index is 10.2. The first kappa shape index (κ1) is 10.1. The van der Waals surface area contributed by atoms with E-state index < -0.39 is 11.4 Å². The highest BCUT2D eigenvalue weighted by molar-refractivity contribution is 7.74. The molecule has 1 saturated heterocycles. The van der Waals surface area contributed by atoms with Gasteiger partial charge in [0.05, 0.1) is 20.1 Å². The highest BCUT2D eigenvalue weighted by Crippen LogP contribution is 2.15. The number of likely N-dealkylation sites (N-methyl/N-ethyl adjacent to an activating group) is 1. The first-order chi connectivity index (χ1) is 5.62. The van der Waals surface area contributed by atoms with Crippen molar-refractivity contribution < 1.29 is 17.4 Å². The molecule has 0 aliphatic carbocycles. The summed E-state index contributed by atoms with van der Waals surface area (Å²) < 4.78 is 24.1. The number of hydrogen-bond acceptors (Lipinski definition) is 2. The molecule has 1 unspecified atom stereocenters. The van der Waals surface area contributed by atoms with Crippen molar-refractivity contribution in [3.8, 4) is 0 Å². The Morgan fingerprint density at radius 3 is 2.58 bits per heavy atom. The van der Waals surface area contributed by atoms with Gasteiger partial charge in [0, 0.05) is 12.8 Å². The van der Waals surface area contributed by atoms with E-state index in [2.05, 4.69) is 11.2 Å². The Morgan fingerprint density at radius 1 is 1.50 bits per heavy atom. The minimum absolute atomic E-state index is 0.375. The zero-order valence-electron chi connectivity index (χ0n) is 7.36. The normalized spacial score (nSPS) is 24.2. The molecule has 1 aliphatic heterocycles. The molecule has 0 amide bonds. The van der Waals surface area contributed by atoms with Gasteiger partial charge in [0.25, 0.3) is 0 Å². The van der Waals surface area contributed by atoms with Gasteiger partial charge in [0.1, 0.15) is 13.2 Å². The van der Waals surface area contributed by atoms with E-state index in [0.717, 1.165) is 11.0 Å². The van der Waals surface area contributed by atoms with Crippen LogP contribution in [-0.2, 0) is 15.5 Å². The SMILES string of the molecule is C[N+]1(CCOS(=O)O)CCCC1. The van der Waals surface area contributed by atoms with Gasteiger partial charge in [0.2, 0.25) is 0 Å². The van der Waals surface area contributed by atoms with Crippen LogP contribution >= 0.6 is 0 Å². The summed E-state index contributed by atoms with van der Waals surface area (Å²) in [6.45, 7) is 3.55. The van der Waals surface area contributed by atoms with Crippen molar-refractivity contribution in [3.63, 3.8) is 0 Å². The van der Waals surface area contributed by atoms with Gasteiger partial charge in [-0.1, -0.05) is 0 Å². The first-order valence-electron chi connectivity index (χ1n) is 4.20. The monoisotopic (exact) mass is 194 g/mol. The molecule has 0 aromatic heterocycles. The van der Waals surface area contributed by atoms with Crippen LogP contribution in [0, 0.1) is 0 Å². The number of likely N-dealkylation sites (tertiary alicyclic amines) is 1. The Labute approximate surface area is 75.6 Å². The minimum atomic E-state index is -2.09. The fraction of sp³-hybridized carbons (Fsp3) is 1.00. The molecular weight excluding hydrogens is 178 g/mol. The summed E-state index contributed by atoms with van der Waals surface area (Å²) in [6.07, 6.45) is 2.53. The molecule has 1 N–H and O–H groups in total. The van der Waals surface area contributed by atoms with Gasteiger partial charge in [-0.3, -0.25) is 8.74 Å². The van der Waals surface area contributed by atoms with Crippen LogP contribution < -0.4 is 0 Å². The lowest BCUT2D eigenvalue weighted by Gasteiger charge is -2.28. The maximum atomic E-state index is 10.2. The molecular formula is C7H16NO3S+. The zero-order valence-corrected chi connectivity index (χ0v) is 8.18. The molecule has 1 rings (SSSR count). The smallest absolute Gasteiger partial charge is 0.302 e. The molecule has 1 heterocycles. The Balaban J connectivity index is 2.17. The summed E-state index contributed by atoms with van der Waals surface area (Å²) in [5.41, 5.74) is 0. The molecule has 0 saturated carbocycles. The topological polar surface area (TPSA) is 46.5 Å². The van der Waals surface area contributed by atoms with Crippen molar-refractivity contribution >= 4 is 11.4 Å². The lowest BCUT2D eigenvalue weighted by molar-refractivity contribution is -0.897. The number of nitrogens with zero attached hydrogens (tertiary/aromatic N) is 1. The van der Waals surface area contributed by atoms with Crippen LogP contribution in [0.3, 0.4) is 0 Å². The third kappa shape index (κ3) is 3.18. The average molecular weight is 194 g/mol. The van der Waals surface area contributed by atoms with Crippen LogP contribution in [0.4, 0.5) is 0 Å². The summed E-state index contributed by atoms with van der Waals surface area (Å²) in [4.78, 5) is 0. The van der Waals surface area contributed by atoms with Gasteiger partial charge in [-0.05, 0) is 0 Å². The molecule has 0 bridgehead atoms. The summed E-state index contributed by atoms with van der Waals surface area (Å²) >= 11 is -2.09. The molecule has 5 heteroatoms. The van der Waals surface area contributed by atoms with Crippen molar-refractivity contribution in [1.29, 1.82) is 0 Å². The van der Waals surface area contributed by atoms with E-state index in [1.807, 2.05) is 0 Å². The second-order valence-corrected chi connectivity index (χ2v) is 4.21. The third-order valence-electron chi connectivity index (χ3n) is 2.46. The lowest BCUT2D eigenvalue weighted by Crippen LogP contribution is -2.43. The number of rotatable bonds is 4. The average Bonchev–Trinajstić information content (AvgIpc) is 2.35. The van der Waals surface area contributed by atoms with Crippen molar-refractivity contribution in [2.45, 2.75) is 12.8 Å². The van der Waals surface area contributed by atoms with E-state index in [1.54, 1.807) is 0 Å². The number of hydrogen-bond donors (Lipinski definition) is 1. The standard InChI is InChI=1S/C7H15NO3S/c1-8(4-2-3-5-8)6-7-11-12(9)10/h2-7H2,1H3/p+1. The van der Waals surface area contributed by atoms with E-state index in [9.17, 15) is 4.21 Å². The van der Waals surface area contributed by atoms with E-state index in [0.29, 0.717) is 6.61 Å². The predicted octanol–water partition coefficient (Wildman–Crippen LogP) is 0.380. The molecule has 0 radical (unpaired) electrons. The molecule has 0 spiro atoms. The van der Waals surface area contributed by atoms with Crippen LogP contribution in [-0.4, -0.2) is 46.5 Å². The third-order valence-corrected chi connectivity index (χ3v) is 2.83. The predicted molar refractivity (Wildman–Crippen MR) is 46.7 cm³/mol. The lowest BCUT2D eigenvalue weighted by atomic mass is 10.4. The summed E-state index contributed by atoms with van der Waals surface area (Å²) in [7, 11) is 2.16. The molecule has 1 atom stereocenters. The maximum Gasteiger partial charge on any atom is 0.302 e. The second-order valence-electron chi connectivity index (χ2n) is 3.54. The Kier molecular flexibility index (Phi) is 3.64. The van der Waals surface area contributed by atoms with Crippen molar-refractivity contribution in [2.75, 3.05) is 33.3 Å². The molecule has 0 aromatic rings. The van der Waals surface area contributed by atoms with Gasteiger partial charge >= 0.3 is 11.4 Å². The molecule has 4 nitrogen and oxygen atoms in total. The Morgan fingerprint density at radius 2 is 2.08 bits per heavy atom. The van der Waals surface area contributed by atoms with E-state index in [1.165, 1.54) is 25.9 Å². The number of quaternary nitrogens is 1. The fourth-order valence-electron chi connectivity index (χ4n) is 1.65. The van der Waals surface area contributed by atoms with E-state index in [4.69, 9.17) is 4.55 Å². The Hall–Kier alpha value is 0.0300. The largest absolute Gasteiger partial charge is 0.324 e. The Bertz CT molecular complexity index is 168. The molecule has 1 fully saturated rings. The summed E-state index contributed by atoms with van der Waals surface area (Å²) in [5.74, 6) is 0. The van der Waals surface area contributed by atoms with E-state index in [-0.39, 0.29) is 0 Å². The van der Waals surface area contributed by atoms with Crippen LogP contribution in [0.25, 0.3) is 0 Å². The van der Waals surface area contributed by atoms with Crippen LogP contribution in [0.5, 0.6) is 0 Å². The van der Waals surface area contributed by atoms with Gasteiger partial charge in [0.15, 0.2) is 0 Å². The molecule has 72 valence electrons. The zero-order chi connectivity index (χ0) is 9.03. The fourth-order valence-corrected chi connectivity index (χ4v) is 1.87. The molecule has 1 aliphatic rings. The van der Waals surface area contributed by atoms with E-state index >= 15 is 0 Å². The first-order valence-corrected chi connectivity index (χ1v) is 5.23. The van der Waals surface area contributed by atoms with Crippen molar-refractivity contribution in [2.24, 2.45) is 0 Å². The highest BCUT2D eigenvalue weighted by Gasteiger charge is 2.26.